The number of non-ortho nitro benzene ring substituents is 1. The number of rotatable bonds is 6. The SMILES string of the molecule is Cc1c(C(=O)Nc2cccc(NC3=CC(=O)c4ccccc4C3=O)c2)cc([N+](=O)[O-])cc1[N+](=O)[O-]. The molecule has 0 saturated heterocycles. The number of carbonyl (C=O) groups is 3. The first-order valence-corrected chi connectivity index (χ1v) is 10.2. The molecule has 0 aromatic heterocycles. The van der Waals surface area contributed by atoms with Crippen LogP contribution in [0.5, 0.6) is 0 Å². The lowest BCUT2D eigenvalue weighted by Crippen LogP contribution is -2.21. The van der Waals surface area contributed by atoms with E-state index in [0.29, 0.717) is 11.3 Å². The number of hydrogen-bond donors (Lipinski definition) is 2. The molecule has 0 spiro atoms. The van der Waals surface area contributed by atoms with E-state index in [1.807, 2.05) is 0 Å². The summed E-state index contributed by atoms with van der Waals surface area (Å²) in [5, 5.41) is 27.9. The Hall–Kier alpha value is -5.19. The second kappa shape index (κ2) is 8.98. The van der Waals surface area contributed by atoms with Gasteiger partial charge in [0.2, 0.25) is 5.78 Å². The number of amides is 1. The van der Waals surface area contributed by atoms with Gasteiger partial charge >= 0.3 is 0 Å². The summed E-state index contributed by atoms with van der Waals surface area (Å²) >= 11 is 0. The van der Waals surface area contributed by atoms with Crippen molar-refractivity contribution in [2.24, 2.45) is 0 Å². The van der Waals surface area contributed by atoms with E-state index in [9.17, 15) is 34.6 Å². The van der Waals surface area contributed by atoms with Crippen molar-refractivity contribution in [1.82, 2.24) is 0 Å². The average molecular weight is 472 g/mol. The number of allylic oxidation sites excluding steroid dienone is 2. The average Bonchev–Trinajstić information content (AvgIpc) is 2.82. The number of hydrogen-bond acceptors (Lipinski definition) is 8. The van der Waals surface area contributed by atoms with Crippen molar-refractivity contribution < 1.29 is 24.2 Å². The van der Waals surface area contributed by atoms with Crippen molar-refractivity contribution in [1.29, 1.82) is 0 Å². The second-order valence-electron chi connectivity index (χ2n) is 7.61. The molecule has 0 heterocycles. The third-order valence-electron chi connectivity index (χ3n) is 5.37. The number of ketones is 2. The van der Waals surface area contributed by atoms with Crippen molar-refractivity contribution in [2.45, 2.75) is 6.92 Å². The molecule has 0 aliphatic heterocycles. The molecule has 11 nitrogen and oxygen atoms in total. The van der Waals surface area contributed by atoms with Crippen LogP contribution in [0.1, 0.15) is 36.6 Å². The highest BCUT2D eigenvalue weighted by atomic mass is 16.6. The highest BCUT2D eigenvalue weighted by Crippen LogP contribution is 2.29. The Morgan fingerprint density at radius 2 is 1.54 bits per heavy atom. The van der Waals surface area contributed by atoms with Crippen molar-refractivity contribution in [3.8, 4) is 0 Å². The Labute approximate surface area is 197 Å². The highest BCUT2D eigenvalue weighted by Gasteiger charge is 2.26. The van der Waals surface area contributed by atoms with Crippen LogP contribution < -0.4 is 10.6 Å². The van der Waals surface area contributed by atoms with Crippen LogP contribution in [0.2, 0.25) is 0 Å². The molecule has 0 radical (unpaired) electrons. The maximum absolute atomic E-state index is 12.8. The van der Waals surface area contributed by atoms with Crippen molar-refractivity contribution in [3.63, 3.8) is 0 Å². The molecule has 35 heavy (non-hydrogen) atoms. The van der Waals surface area contributed by atoms with Gasteiger partial charge in [0.25, 0.3) is 17.3 Å². The molecule has 2 N–H and O–H groups in total. The van der Waals surface area contributed by atoms with E-state index < -0.39 is 27.1 Å². The summed E-state index contributed by atoms with van der Waals surface area (Å²) in [6.07, 6.45) is 1.20. The van der Waals surface area contributed by atoms with E-state index in [-0.39, 0.29) is 39.6 Å². The first kappa shape index (κ1) is 23.0. The number of carbonyl (C=O) groups excluding carboxylic acids is 3. The first-order chi connectivity index (χ1) is 16.7. The van der Waals surface area contributed by atoms with E-state index >= 15 is 0 Å². The van der Waals surface area contributed by atoms with Crippen molar-refractivity contribution in [3.05, 3.63) is 115 Å². The zero-order valence-electron chi connectivity index (χ0n) is 18.1. The van der Waals surface area contributed by atoms with Gasteiger partial charge in [0, 0.05) is 40.2 Å². The topological polar surface area (TPSA) is 162 Å². The molecule has 0 fully saturated rings. The monoisotopic (exact) mass is 472 g/mol. The highest BCUT2D eigenvalue weighted by molar-refractivity contribution is 6.25. The van der Waals surface area contributed by atoms with Crippen LogP contribution >= 0.6 is 0 Å². The molecule has 0 unspecified atom stereocenters. The second-order valence-corrected chi connectivity index (χ2v) is 7.61. The van der Waals surface area contributed by atoms with Gasteiger partial charge in [0.05, 0.1) is 27.2 Å². The number of nitro groups is 2. The lowest BCUT2D eigenvalue weighted by molar-refractivity contribution is -0.394. The van der Waals surface area contributed by atoms with Crippen molar-refractivity contribution in [2.75, 3.05) is 10.6 Å². The number of anilines is 2. The van der Waals surface area contributed by atoms with Gasteiger partial charge in [-0.1, -0.05) is 30.3 Å². The zero-order chi connectivity index (χ0) is 25.3. The summed E-state index contributed by atoms with van der Waals surface area (Å²) in [6, 6.07) is 14.4. The number of benzene rings is 3. The Morgan fingerprint density at radius 1 is 0.857 bits per heavy atom. The predicted octanol–water partition coefficient (Wildman–Crippen LogP) is 4.44. The Morgan fingerprint density at radius 3 is 2.23 bits per heavy atom. The molecular formula is C24H16N4O7. The smallest absolute Gasteiger partial charge is 0.279 e. The maximum Gasteiger partial charge on any atom is 0.279 e. The van der Waals surface area contributed by atoms with Gasteiger partial charge in [-0.25, -0.2) is 0 Å². The minimum absolute atomic E-state index is 0.0254. The molecule has 0 saturated carbocycles. The fourth-order valence-corrected chi connectivity index (χ4v) is 3.65. The van der Waals surface area contributed by atoms with Crippen LogP contribution in [0, 0.1) is 27.2 Å². The summed E-state index contributed by atoms with van der Waals surface area (Å²) in [6.45, 7) is 1.32. The van der Waals surface area contributed by atoms with Crippen LogP contribution in [-0.2, 0) is 0 Å². The molecule has 1 aliphatic rings. The molecule has 174 valence electrons. The van der Waals surface area contributed by atoms with Gasteiger partial charge in [-0.3, -0.25) is 34.6 Å². The lowest BCUT2D eigenvalue weighted by Gasteiger charge is -2.17. The molecule has 11 heteroatoms. The standard InChI is InChI=1S/C24H16N4O7/c1-13-19(10-16(27(32)33)11-21(13)28(34)35)24(31)26-15-6-4-5-14(9-15)25-20-12-22(29)17-7-2-3-8-18(17)23(20)30/h2-12,25H,1H3,(H,26,31). The molecule has 3 aromatic rings. The van der Waals surface area contributed by atoms with Gasteiger partial charge in [-0.05, 0) is 25.1 Å². The van der Waals surface area contributed by atoms with Crippen LogP contribution in [0.4, 0.5) is 22.7 Å². The number of nitrogens with zero attached hydrogens (tertiary/aromatic N) is 2. The van der Waals surface area contributed by atoms with Crippen LogP contribution in [-0.4, -0.2) is 27.3 Å². The number of Topliss-reactive ketones (excluding diaryl/α,β-unsaturated/α-hetero) is 1. The van der Waals surface area contributed by atoms with Gasteiger partial charge < -0.3 is 10.6 Å². The Bertz CT molecular complexity index is 1480. The Kier molecular flexibility index (Phi) is 5.90. The number of nitro benzene ring substituents is 2. The van der Waals surface area contributed by atoms with Gasteiger partial charge in [-0.2, -0.15) is 0 Å². The Balaban J connectivity index is 1.59. The summed E-state index contributed by atoms with van der Waals surface area (Å²) in [5.41, 5.74) is -0.106. The predicted molar refractivity (Wildman–Crippen MR) is 126 cm³/mol. The molecule has 0 atom stereocenters. The molecule has 3 aromatic carbocycles. The van der Waals surface area contributed by atoms with Gasteiger partial charge in [-0.15, -0.1) is 0 Å². The minimum atomic E-state index is -0.817. The summed E-state index contributed by atoms with van der Waals surface area (Å²) in [5.74, 6) is -1.48. The van der Waals surface area contributed by atoms with Crippen LogP contribution in [0.25, 0.3) is 0 Å². The first-order valence-electron chi connectivity index (χ1n) is 10.2. The molecule has 1 aliphatic carbocycles. The minimum Gasteiger partial charge on any atom is -0.352 e. The van der Waals surface area contributed by atoms with E-state index in [1.165, 1.54) is 25.1 Å². The largest absolute Gasteiger partial charge is 0.352 e. The molecular weight excluding hydrogens is 456 g/mol. The van der Waals surface area contributed by atoms with E-state index in [4.69, 9.17) is 0 Å². The normalized spacial score (nSPS) is 12.4. The quantitative estimate of drug-likeness (QED) is 0.393. The summed E-state index contributed by atoms with van der Waals surface area (Å²) < 4.78 is 0. The van der Waals surface area contributed by atoms with E-state index in [1.54, 1.807) is 36.4 Å². The number of fused-ring (bicyclic) bond motifs is 1. The third-order valence-corrected chi connectivity index (χ3v) is 5.37. The number of nitrogens with one attached hydrogen (secondary N) is 2. The fraction of sp³-hybridized carbons (Fsp3) is 0.0417. The molecule has 4 rings (SSSR count). The fourth-order valence-electron chi connectivity index (χ4n) is 3.65. The maximum atomic E-state index is 12.8. The summed E-state index contributed by atoms with van der Waals surface area (Å²) in [7, 11) is 0. The van der Waals surface area contributed by atoms with Crippen molar-refractivity contribution >= 4 is 40.2 Å². The van der Waals surface area contributed by atoms with E-state index in [0.717, 1.165) is 12.1 Å². The summed E-state index contributed by atoms with van der Waals surface area (Å²) in [4.78, 5) is 58.8. The van der Waals surface area contributed by atoms with Crippen LogP contribution in [0.15, 0.2) is 72.4 Å². The van der Waals surface area contributed by atoms with Gasteiger partial charge in [0.15, 0.2) is 5.78 Å². The van der Waals surface area contributed by atoms with Crippen LogP contribution in [0.3, 0.4) is 0 Å². The molecule has 0 bridgehead atoms. The van der Waals surface area contributed by atoms with E-state index in [2.05, 4.69) is 10.6 Å². The third kappa shape index (κ3) is 4.50. The van der Waals surface area contributed by atoms with Gasteiger partial charge in [0.1, 0.15) is 0 Å². The molecule has 1 amide bonds. The lowest BCUT2D eigenvalue weighted by atomic mass is 9.92. The zero-order valence-corrected chi connectivity index (χ0v) is 18.1.